The van der Waals surface area contributed by atoms with Gasteiger partial charge in [-0.2, -0.15) is 0 Å². The van der Waals surface area contributed by atoms with Crippen molar-refractivity contribution in [3.05, 3.63) is 46.3 Å². The van der Waals surface area contributed by atoms with Gasteiger partial charge in [-0.3, -0.25) is 0 Å². The predicted molar refractivity (Wildman–Crippen MR) is 65.6 cm³/mol. The normalized spacial score (nSPS) is 12.4. The number of rotatable bonds is 4. The lowest BCUT2D eigenvalue weighted by molar-refractivity contribution is 0.186. The van der Waals surface area contributed by atoms with Crippen LogP contribution < -0.4 is 4.74 Å². The summed E-state index contributed by atoms with van der Waals surface area (Å²) >= 11 is 3.37. The van der Waals surface area contributed by atoms with Crippen molar-refractivity contribution in [2.75, 3.05) is 0 Å². The molecule has 0 aliphatic carbocycles. The highest BCUT2D eigenvalue weighted by molar-refractivity contribution is 9.10. The molecule has 0 aliphatic rings. The lowest BCUT2D eigenvalue weighted by atomic mass is 10.1. The molecule has 90 valence electrons. The van der Waals surface area contributed by atoms with Gasteiger partial charge in [-0.15, -0.1) is 0 Å². The van der Waals surface area contributed by atoms with Gasteiger partial charge in [0.2, 0.25) is 0 Å². The zero-order valence-corrected chi connectivity index (χ0v) is 10.8. The fourth-order valence-corrected chi connectivity index (χ4v) is 1.78. The third kappa shape index (κ3) is 3.08. The molecule has 0 saturated heterocycles. The van der Waals surface area contributed by atoms with Crippen LogP contribution in [0.25, 0.3) is 0 Å². The Kier molecular flexibility index (Phi) is 3.81. The Balaban J connectivity index is 2.16. The minimum Gasteiger partial charge on any atom is -0.485 e. The van der Waals surface area contributed by atoms with Gasteiger partial charge in [0.15, 0.2) is 5.76 Å². The van der Waals surface area contributed by atoms with Crippen LogP contribution in [0.4, 0.5) is 0 Å². The van der Waals surface area contributed by atoms with E-state index in [0.29, 0.717) is 11.5 Å². The Morgan fingerprint density at radius 3 is 2.94 bits per heavy atom. The number of benzene rings is 1. The van der Waals surface area contributed by atoms with Crippen LogP contribution in [-0.4, -0.2) is 10.3 Å². The smallest absolute Gasteiger partial charge is 0.174 e. The van der Waals surface area contributed by atoms with Gasteiger partial charge in [-0.1, -0.05) is 27.2 Å². The van der Waals surface area contributed by atoms with Crippen LogP contribution in [0.1, 0.15) is 24.4 Å². The van der Waals surface area contributed by atoms with E-state index in [1.54, 1.807) is 19.2 Å². The van der Waals surface area contributed by atoms with Gasteiger partial charge >= 0.3 is 0 Å². The molecule has 0 saturated carbocycles. The number of halogens is 1. The molecule has 17 heavy (non-hydrogen) atoms. The molecule has 1 atom stereocenters. The molecule has 0 radical (unpaired) electrons. The van der Waals surface area contributed by atoms with Crippen LogP contribution in [0.3, 0.4) is 0 Å². The lowest BCUT2D eigenvalue weighted by Gasteiger charge is -2.12. The van der Waals surface area contributed by atoms with Crippen molar-refractivity contribution in [1.82, 2.24) is 5.16 Å². The summed E-state index contributed by atoms with van der Waals surface area (Å²) in [7, 11) is 0. The van der Waals surface area contributed by atoms with Gasteiger partial charge in [0.05, 0.1) is 12.3 Å². The van der Waals surface area contributed by atoms with Gasteiger partial charge < -0.3 is 14.4 Å². The van der Waals surface area contributed by atoms with Crippen molar-refractivity contribution in [2.24, 2.45) is 0 Å². The van der Waals surface area contributed by atoms with Gasteiger partial charge in [0.25, 0.3) is 0 Å². The minimum atomic E-state index is -0.576. The van der Waals surface area contributed by atoms with Crippen LogP contribution >= 0.6 is 15.9 Å². The van der Waals surface area contributed by atoms with E-state index in [4.69, 9.17) is 9.26 Å². The number of hydrogen-bond acceptors (Lipinski definition) is 4. The van der Waals surface area contributed by atoms with Crippen molar-refractivity contribution >= 4 is 15.9 Å². The molecule has 2 aromatic rings. The van der Waals surface area contributed by atoms with E-state index in [1.165, 1.54) is 0 Å². The molecule has 0 aliphatic heterocycles. The number of hydrogen-bond donors (Lipinski definition) is 1. The largest absolute Gasteiger partial charge is 0.485 e. The average Bonchev–Trinajstić information content (AvgIpc) is 2.78. The summed E-state index contributed by atoms with van der Waals surface area (Å²) in [5, 5.41) is 13.2. The first kappa shape index (κ1) is 12.1. The first-order valence-corrected chi connectivity index (χ1v) is 5.96. The van der Waals surface area contributed by atoms with Gasteiger partial charge in [-0.05, 0) is 19.1 Å². The first-order chi connectivity index (χ1) is 8.16. The maximum Gasteiger partial charge on any atom is 0.174 e. The van der Waals surface area contributed by atoms with Crippen molar-refractivity contribution in [2.45, 2.75) is 19.6 Å². The highest BCUT2D eigenvalue weighted by Gasteiger charge is 2.10. The molecule has 1 aromatic heterocycles. The van der Waals surface area contributed by atoms with Crippen LogP contribution in [0.5, 0.6) is 5.75 Å². The quantitative estimate of drug-likeness (QED) is 0.942. The first-order valence-electron chi connectivity index (χ1n) is 5.16. The van der Waals surface area contributed by atoms with Crippen molar-refractivity contribution in [3.8, 4) is 5.75 Å². The fraction of sp³-hybridized carbons (Fsp3) is 0.250. The average molecular weight is 298 g/mol. The molecule has 5 heteroatoms. The second-order valence-electron chi connectivity index (χ2n) is 3.63. The SMILES string of the molecule is C[C@@H](O)c1ccc(Br)cc1OCc1ccno1. The van der Waals surface area contributed by atoms with Crippen LogP contribution in [0.2, 0.25) is 0 Å². The standard InChI is InChI=1S/C12H12BrNO3/c1-8(15)11-3-2-9(13)6-12(11)16-7-10-4-5-14-17-10/h2-6,8,15H,7H2,1H3/t8-/m1/s1. The van der Waals surface area contributed by atoms with Crippen molar-refractivity contribution < 1.29 is 14.4 Å². The van der Waals surface area contributed by atoms with E-state index in [9.17, 15) is 5.11 Å². The van der Waals surface area contributed by atoms with E-state index in [-0.39, 0.29) is 6.61 Å². The summed E-state index contributed by atoms with van der Waals surface area (Å²) in [5.41, 5.74) is 0.743. The Bertz CT molecular complexity index is 483. The summed E-state index contributed by atoms with van der Waals surface area (Å²) in [6.45, 7) is 1.99. The third-order valence-corrected chi connectivity index (χ3v) is 2.78. The van der Waals surface area contributed by atoms with Crippen LogP contribution in [0, 0.1) is 0 Å². The summed E-state index contributed by atoms with van der Waals surface area (Å²) in [6.07, 6.45) is 0.989. The Labute approximate surface area is 107 Å². The van der Waals surface area contributed by atoms with Crippen LogP contribution in [0.15, 0.2) is 39.5 Å². The highest BCUT2D eigenvalue weighted by atomic mass is 79.9. The molecule has 2 rings (SSSR count). The van der Waals surface area contributed by atoms with E-state index >= 15 is 0 Å². The Morgan fingerprint density at radius 1 is 1.47 bits per heavy atom. The fourth-order valence-electron chi connectivity index (χ4n) is 1.44. The molecule has 0 spiro atoms. The minimum absolute atomic E-state index is 0.288. The topological polar surface area (TPSA) is 55.5 Å². The molecule has 1 aromatic carbocycles. The number of aliphatic hydroxyl groups is 1. The second-order valence-corrected chi connectivity index (χ2v) is 4.54. The zero-order chi connectivity index (χ0) is 12.3. The molecule has 0 fully saturated rings. The zero-order valence-electron chi connectivity index (χ0n) is 9.26. The van der Waals surface area contributed by atoms with E-state index in [0.717, 1.165) is 10.0 Å². The molecule has 0 bridgehead atoms. The molecular weight excluding hydrogens is 286 g/mol. The summed E-state index contributed by atoms with van der Waals surface area (Å²) in [5.74, 6) is 1.27. The van der Waals surface area contributed by atoms with Gasteiger partial charge in [0, 0.05) is 16.1 Å². The highest BCUT2D eigenvalue weighted by Crippen LogP contribution is 2.29. The number of aromatic nitrogens is 1. The molecule has 1 heterocycles. The second kappa shape index (κ2) is 5.33. The molecular formula is C12H12BrNO3. The van der Waals surface area contributed by atoms with Gasteiger partial charge in [-0.25, -0.2) is 0 Å². The predicted octanol–water partition coefficient (Wildman–Crippen LogP) is 3.07. The number of nitrogens with zero attached hydrogens (tertiary/aromatic N) is 1. The third-order valence-electron chi connectivity index (χ3n) is 2.29. The number of ether oxygens (including phenoxy) is 1. The van der Waals surface area contributed by atoms with E-state index in [1.807, 2.05) is 18.2 Å². The van der Waals surface area contributed by atoms with Crippen molar-refractivity contribution in [3.63, 3.8) is 0 Å². The Hall–Kier alpha value is -1.33. The molecule has 0 unspecified atom stereocenters. The summed E-state index contributed by atoms with van der Waals surface area (Å²) in [4.78, 5) is 0. The lowest BCUT2D eigenvalue weighted by Crippen LogP contribution is -2.00. The molecule has 0 amide bonds. The maximum absolute atomic E-state index is 9.62. The van der Waals surface area contributed by atoms with Crippen LogP contribution in [-0.2, 0) is 6.61 Å². The van der Waals surface area contributed by atoms with E-state index in [2.05, 4.69) is 21.1 Å². The Morgan fingerprint density at radius 2 is 2.29 bits per heavy atom. The summed E-state index contributed by atoms with van der Waals surface area (Å²) in [6, 6.07) is 7.24. The summed E-state index contributed by atoms with van der Waals surface area (Å²) < 4.78 is 11.4. The van der Waals surface area contributed by atoms with E-state index < -0.39 is 6.10 Å². The van der Waals surface area contributed by atoms with Crippen molar-refractivity contribution in [1.29, 1.82) is 0 Å². The van der Waals surface area contributed by atoms with Gasteiger partial charge in [0.1, 0.15) is 12.4 Å². The monoisotopic (exact) mass is 297 g/mol. The molecule has 4 nitrogen and oxygen atoms in total. The maximum atomic E-state index is 9.62. The molecule has 1 N–H and O–H groups in total. The number of aliphatic hydroxyl groups excluding tert-OH is 1.